The predicted octanol–water partition coefficient (Wildman–Crippen LogP) is 10.6. The Morgan fingerprint density at radius 1 is 0.634 bits per heavy atom. The van der Waals surface area contributed by atoms with E-state index in [1.807, 2.05) is 36.4 Å². The fourth-order valence-corrected chi connectivity index (χ4v) is 5.85. The monoisotopic (exact) mass is 589 g/mol. The van der Waals surface area contributed by atoms with E-state index in [4.69, 9.17) is 23.2 Å². The number of unbranched alkanes of at least 4 members (excludes halogenated alkanes) is 5. The molecule has 0 radical (unpaired) electrons. The minimum absolute atomic E-state index is 0.0484. The van der Waals surface area contributed by atoms with Crippen LogP contribution >= 0.6 is 23.2 Å². The molecule has 0 saturated heterocycles. The highest BCUT2D eigenvalue weighted by molar-refractivity contribution is 6.31. The third-order valence-electron chi connectivity index (χ3n) is 7.54. The lowest BCUT2D eigenvalue weighted by Crippen LogP contribution is -1.99. The first kappa shape index (κ1) is 28.6. The first-order chi connectivity index (χ1) is 19.8. The second kappa shape index (κ2) is 12.3. The number of nitrogens with zero attached hydrogens (tertiary/aromatic N) is 3. The molecule has 0 aliphatic heterocycles. The van der Waals surface area contributed by atoms with Gasteiger partial charge in [-0.15, -0.1) is 0 Å². The van der Waals surface area contributed by atoms with E-state index in [0.29, 0.717) is 21.2 Å². The van der Waals surface area contributed by atoms with Crippen molar-refractivity contribution in [2.75, 3.05) is 0 Å². The average molecular weight is 591 g/mol. The molecule has 0 bridgehead atoms. The van der Waals surface area contributed by atoms with Gasteiger partial charge < -0.3 is 4.57 Å². The number of rotatable bonds is 11. The number of halogens is 2. The number of hydrogen-bond donors (Lipinski definition) is 0. The highest BCUT2D eigenvalue weighted by Gasteiger charge is 2.20. The van der Waals surface area contributed by atoms with Crippen molar-refractivity contribution in [1.82, 2.24) is 4.57 Å². The summed E-state index contributed by atoms with van der Waals surface area (Å²) in [5.74, 6) is 0. The summed E-state index contributed by atoms with van der Waals surface area (Å²) in [6, 6.07) is 21.2. The third-order valence-corrected chi connectivity index (χ3v) is 8.01. The SMILES string of the molecule is CCCCCCCCn1c2cc(-c3ccc(Cl)cc3[N+](=O)[O-])ccc2c2ccc(-c3ccc(Cl)cc3[N+](=O)[O-])cc21. The molecule has 41 heavy (non-hydrogen) atoms. The zero-order chi connectivity index (χ0) is 29.1. The van der Waals surface area contributed by atoms with Gasteiger partial charge >= 0.3 is 0 Å². The van der Waals surface area contributed by atoms with Gasteiger partial charge in [0, 0.05) is 50.5 Å². The second-order valence-electron chi connectivity index (χ2n) is 10.2. The third kappa shape index (κ3) is 5.92. The molecule has 0 unspecified atom stereocenters. The Labute approximate surface area is 247 Å². The molecule has 5 rings (SSSR count). The van der Waals surface area contributed by atoms with Crippen molar-refractivity contribution in [3.05, 3.63) is 103 Å². The van der Waals surface area contributed by atoms with Crippen molar-refractivity contribution in [2.45, 2.75) is 52.0 Å². The summed E-state index contributed by atoms with van der Waals surface area (Å²) in [6.45, 7) is 2.95. The summed E-state index contributed by atoms with van der Waals surface area (Å²) in [7, 11) is 0. The van der Waals surface area contributed by atoms with Gasteiger partial charge in [-0.2, -0.15) is 0 Å². The Balaban J connectivity index is 1.66. The van der Waals surface area contributed by atoms with Crippen LogP contribution in [-0.2, 0) is 6.54 Å². The smallest absolute Gasteiger partial charge is 0.278 e. The predicted molar refractivity (Wildman–Crippen MR) is 167 cm³/mol. The van der Waals surface area contributed by atoms with Crippen LogP contribution in [0.3, 0.4) is 0 Å². The van der Waals surface area contributed by atoms with Crippen LogP contribution in [0.4, 0.5) is 11.4 Å². The molecule has 0 spiro atoms. The highest BCUT2D eigenvalue weighted by atomic mass is 35.5. The molecule has 0 amide bonds. The van der Waals surface area contributed by atoms with Gasteiger partial charge in [0.2, 0.25) is 0 Å². The molecule has 1 heterocycles. The number of aryl methyl sites for hydroxylation is 1. The van der Waals surface area contributed by atoms with Crippen LogP contribution in [-0.4, -0.2) is 14.4 Å². The van der Waals surface area contributed by atoms with Crippen molar-refractivity contribution >= 4 is 56.4 Å². The van der Waals surface area contributed by atoms with Crippen LogP contribution < -0.4 is 0 Å². The van der Waals surface area contributed by atoms with E-state index in [2.05, 4.69) is 11.5 Å². The zero-order valence-corrected chi connectivity index (χ0v) is 24.1. The van der Waals surface area contributed by atoms with E-state index in [1.54, 1.807) is 24.3 Å². The van der Waals surface area contributed by atoms with Crippen LogP contribution in [0, 0.1) is 20.2 Å². The van der Waals surface area contributed by atoms with Crippen molar-refractivity contribution in [1.29, 1.82) is 0 Å². The standard InChI is InChI=1S/C32H29Cl2N3O4/c1-2-3-4-5-6-7-16-35-29-17-21(25-14-10-23(33)19-31(25)36(38)39)8-12-27(29)28-13-9-22(18-30(28)35)26-15-11-24(34)20-32(26)37(40)41/h8-15,17-20H,2-7,16H2,1H3. The molecule has 0 N–H and O–H groups in total. The Morgan fingerprint density at radius 3 is 1.56 bits per heavy atom. The van der Waals surface area contributed by atoms with E-state index in [-0.39, 0.29) is 11.4 Å². The minimum Gasteiger partial charge on any atom is -0.340 e. The number of fused-ring (bicyclic) bond motifs is 3. The Hall–Kier alpha value is -3.94. The quantitative estimate of drug-likeness (QED) is 0.0869. The van der Waals surface area contributed by atoms with E-state index in [1.165, 1.54) is 31.4 Å². The maximum absolute atomic E-state index is 11.8. The van der Waals surface area contributed by atoms with E-state index < -0.39 is 9.85 Å². The molecule has 1 aromatic heterocycles. The van der Waals surface area contributed by atoms with Gasteiger partial charge in [0.05, 0.1) is 21.0 Å². The van der Waals surface area contributed by atoms with Crippen molar-refractivity contribution in [3.63, 3.8) is 0 Å². The van der Waals surface area contributed by atoms with Gasteiger partial charge in [-0.25, -0.2) is 0 Å². The van der Waals surface area contributed by atoms with Gasteiger partial charge in [-0.1, -0.05) is 86.5 Å². The van der Waals surface area contributed by atoms with Gasteiger partial charge in [0.1, 0.15) is 0 Å². The molecule has 0 aliphatic carbocycles. The average Bonchev–Trinajstić information content (AvgIpc) is 3.26. The first-order valence-electron chi connectivity index (χ1n) is 13.7. The molecular weight excluding hydrogens is 561 g/mol. The number of hydrogen-bond acceptors (Lipinski definition) is 4. The molecule has 0 fully saturated rings. The summed E-state index contributed by atoms with van der Waals surface area (Å²) >= 11 is 12.1. The van der Waals surface area contributed by atoms with Crippen molar-refractivity contribution in [2.24, 2.45) is 0 Å². The fourth-order valence-electron chi connectivity index (χ4n) is 5.52. The molecular formula is C32H29Cl2N3O4. The number of nitro groups is 2. The Morgan fingerprint density at radius 2 is 1.10 bits per heavy atom. The Bertz CT molecular complexity index is 1660. The van der Waals surface area contributed by atoms with E-state index in [9.17, 15) is 20.2 Å². The van der Waals surface area contributed by atoms with E-state index in [0.717, 1.165) is 58.7 Å². The molecule has 7 nitrogen and oxygen atoms in total. The van der Waals surface area contributed by atoms with Crippen LogP contribution in [0.25, 0.3) is 44.1 Å². The number of benzene rings is 4. The molecule has 0 aliphatic rings. The lowest BCUT2D eigenvalue weighted by Gasteiger charge is -2.10. The normalized spacial score (nSPS) is 11.4. The Kier molecular flexibility index (Phi) is 8.57. The summed E-state index contributed by atoms with van der Waals surface area (Å²) in [5, 5.41) is 26.3. The molecule has 9 heteroatoms. The molecule has 0 saturated carbocycles. The summed E-state index contributed by atoms with van der Waals surface area (Å²) in [4.78, 5) is 22.8. The number of aromatic nitrogens is 1. The molecule has 5 aromatic rings. The van der Waals surface area contributed by atoms with Gasteiger partial charge in [0.25, 0.3) is 11.4 Å². The first-order valence-corrected chi connectivity index (χ1v) is 14.5. The molecule has 210 valence electrons. The van der Waals surface area contributed by atoms with Crippen LogP contribution in [0.15, 0.2) is 72.8 Å². The van der Waals surface area contributed by atoms with Crippen molar-refractivity contribution in [3.8, 4) is 22.3 Å². The molecule has 0 atom stereocenters. The second-order valence-corrected chi connectivity index (χ2v) is 11.1. The highest BCUT2D eigenvalue weighted by Crippen LogP contribution is 2.39. The lowest BCUT2D eigenvalue weighted by atomic mass is 10.00. The summed E-state index contributed by atoms with van der Waals surface area (Å²) < 4.78 is 2.24. The maximum Gasteiger partial charge on any atom is 0.278 e. The minimum atomic E-state index is -0.414. The topological polar surface area (TPSA) is 91.2 Å². The zero-order valence-electron chi connectivity index (χ0n) is 22.6. The van der Waals surface area contributed by atoms with Gasteiger partial charge in [-0.05, 0) is 53.9 Å². The van der Waals surface area contributed by atoms with Crippen LogP contribution in [0.1, 0.15) is 45.4 Å². The fraction of sp³-hybridized carbons (Fsp3) is 0.250. The maximum atomic E-state index is 11.8. The van der Waals surface area contributed by atoms with Crippen molar-refractivity contribution < 1.29 is 9.85 Å². The van der Waals surface area contributed by atoms with E-state index >= 15 is 0 Å². The molecule has 4 aromatic carbocycles. The van der Waals surface area contributed by atoms with Gasteiger partial charge in [0.15, 0.2) is 0 Å². The van der Waals surface area contributed by atoms with Gasteiger partial charge in [-0.3, -0.25) is 20.2 Å². The largest absolute Gasteiger partial charge is 0.340 e. The summed E-state index contributed by atoms with van der Waals surface area (Å²) in [6.07, 6.45) is 6.84. The summed E-state index contributed by atoms with van der Waals surface area (Å²) in [5.41, 5.74) is 4.25. The van der Waals surface area contributed by atoms with Crippen LogP contribution in [0.2, 0.25) is 10.0 Å². The number of nitro benzene ring substituents is 2. The van der Waals surface area contributed by atoms with Crippen LogP contribution in [0.5, 0.6) is 0 Å². The lowest BCUT2D eigenvalue weighted by molar-refractivity contribution is -0.384.